The average molecular weight is 359 g/mol. The molecule has 0 fully saturated rings. The molecule has 2 aromatic rings. The van der Waals surface area contributed by atoms with E-state index >= 15 is 0 Å². The summed E-state index contributed by atoms with van der Waals surface area (Å²) in [6, 6.07) is 10.1. The maximum atomic E-state index is 13.2. The van der Waals surface area contributed by atoms with Gasteiger partial charge in [0.2, 0.25) is 0 Å². The molecule has 0 aromatic heterocycles. The summed E-state index contributed by atoms with van der Waals surface area (Å²) in [7, 11) is 0. The molecule has 0 amide bonds. The van der Waals surface area contributed by atoms with Crippen molar-refractivity contribution in [2.45, 2.75) is 13.5 Å². The molecular weight excluding hydrogens is 345 g/mol. The minimum Gasteiger partial charge on any atom is -0.455 e. The lowest BCUT2D eigenvalue weighted by atomic mass is 10.2. The monoisotopic (exact) mass is 357 g/mol. The van der Waals surface area contributed by atoms with Crippen LogP contribution in [0.1, 0.15) is 12.5 Å². The second-order valence-electron chi connectivity index (χ2n) is 4.19. The Morgan fingerprint density at radius 1 is 1.30 bits per heavy atom. The Bertz CT molecular complexity index is 606. The molecule has 1 N–H and O–H groups in total. The highest BCUT2D eigenvalue weighted by Gasteiger charge is 2.10. The van der Waals surface area contributed by atoms with Gasteiger partial charge in [-0.25, -0.2) is 4.39 Å². The fourth-order valence-electron chi connectivity index (χ4n) is 1.72. The van der Waals surface area contributed by atoms with Gasteiger partial charge in [-0.05, 0) is 46.7 Å². The smallest absolute Gasteiger partial charge is 0.150 e. The summed E-state index contributed by atoms with van der Waals surface area (Å²) in [6.07, 6.45) is 0. The number of benzene rings is 2. The number of hydrogen-bond acceptors (Lipinski definition) is 2. The minimum atomic E-state index is -0.329. The van der Waals surface area contributed by atoms with Crippen molar-refractivity contribution in [3.63, 3.8) is 0 Å². The molecule has 0 saturated carbocycles. The summed E-state index contributed by atoms with van der Waals surface area (Å²) in [4.78, 5) is 0. The minimum absolute atomic E-state index is 0.329. The van der Waals surface area contributed by atoms with Gasteiger partial charge in [-0.3, -0.25) is 0 Å². The van der Waals surface area contributed by atoms with Gasteiger partial charge in [-0.15, -0.1) is 0 Å². The van der Waals surface area contributed by atoms with Crippen molar-refractivity contribution in [1.82, 2.24) is 5.32 Å². The van der Waals surface area contributed by atoms with Crippen LogP contribution in [0.4, 0.5) is 4.39 Å². The summed E-state index contributed by atoms with van der Waals surface area (Å²) in [5.74, 6) is 0.794. The molecule has 0 aliphatic carbocycles. The molecular formula is C15H14BrClFNO. The van der Waals surface area contributed by atoms with E-state index in [4.69, 9.17) is 16.3 Å². The SMILES string of the molecule is CCNCc1cccc(Cl)c1Oc1ccc(F)c(Br)c1. The Morgan fingerprint density at radius 3 is 2.80 bits per heavy atom. The fourth-order valence-corrected chi connectivity index (χ4v) is 2.32. The second kappa shape index (κ2) is 7.07. The fraction of sp³-hybridized carbons (Fsp3) is 0.200. The van der Waals surface area contributed by atoms with Crippen molar-refractivity contribution in [2.24, 2.45) is 0 Å². The summed E-state index contributed by atoms with van der Waals surface area (Å²) < 4.78 is 19.4. The molecule has 0 radical (unpaired) electrons. The molecule has 0 heterocycles. The number of ether oxygens (including phenoxy) is 1. The summed E-state index contributed by atoms with van der Waals surface area (Å²) in [6.45, 7) is 3.55. The zero-order valence-electron chi connectivity index (χ0n) is 10.9. The zero-order chi connectivity index (χ0) is 14.5. The third-order valence-electron chi connectivity index (χ3n) is 2.72. The molecule has 0 aliphatic heterocycles. The van der Waals surface area contributed by atoms with E-state index in [1.165, 1.54) is 6.07 Å². The first kappa shape index (κ1) is 15.3. The van der Waals surface area contributed by atoms with Crippen LogP contribution in [-0.2, 0) is 6.54 Å². The molecule has 106 valence electrons. The number of halogens is 3. The molecule has 0 spiro atoms. The van der Waals surface area contributed by atoms with Crippen LogP contribution in [0.15, 0.2) is 40.9 Å². The van der Waals surface area contributed by atoms with Gasteiger partial charge in [0.05, 0.1) is 9.50 Å². The van der Waals surface area contributed by atoms with Crippen LogP contribution < -0.4 is 10.1 Å². The topological polar surface area (TPSA) is 21.3 Å². The third-order valence-corrected chi connectivity index (χ3v) is 3.63. The predicted octanol–water partition coefficient (Wildman–Crippen LogP) is 5.14. The van der Waals surface area contributed by atoms with Crippen molar-refractivity contribution < 1.29 is 9.13 Å². The summed E-state index contributed by atoms with van der Waals surface area (Å²) >= 11 is 9.33. The van der Waals surface area contributed by atoms with E-state index in [0.717, 1.165) is 12.1 Å². The third kappa shape index (κ3) is 3.72. The lowest BCUT2D eigenvalue weighted by Crippen LogP contribution is -2.12. The van der Waals surface area contributed by atoms with E-state index in [0.29, 0.717) is 27.5 Å². The zero-order valence-corrected chi connectivity index (χ0v) is 13.3. The van der Waals surface area contributed by atoms with Crippen molar-refractivity contribution in [3.05, 3.63) is 57.3 Å². The Kier molecular flexibility index (Phi) is 5.40. The number of para-hydroxylation sites is 1. The Balaban J connectivity index is 2.29. The van der Waals surface area contributed by atoms with Crippen molar-refractivity contribution in [2.75, 3.05) is 6.54 Å². The lowest BCUT2D eigenvalue weighted by Gasteiger charge is -2.13. The first-order valence-corrected chi connectivity index (χ1v) is 7.40. The molecule has 0 atom stereocenters. The van der Waals surface area contributed by atoms with Crippen LogP contribution in [0.5, 0.6) is 11.5 Å². The van der Waals surface area contributed by atoms with Crippen molar-refractivity contribution >= 4 is 27.5 Å². The standard InChI is InChI=1S/C15H14BrClFNO/c1-2-19-9-10-4-3-5-13(17)15(10)20-11-6-7-14(18)12(16)8-11/h3-8,19H,2,9H2,1H3. The molecule has 20 heavy (non-hydrogen) atoms. The first-order chi connectivity index (χ1) is 9.61. The molecule has 0 aliphatic rings. The Morgan fingerprint density at radius 2 is 2.10 bits per heavy atom. The van der Waals surface area contributed by atoms with Gasteiger partial charge in [0.1, 0.15) is 17.3 Å². The summed E-state index contributed by atoms with van der Waals surface area (Å²) in [5, 5.41) is 3.76. The van der Waals surface area contributed by atoms with Gasteiger partial charge in [-0.2, -0.15) is 0 Å². The predicted molar refractivity (Wildman–Crippen MR) is 83.0 cm³/mol. The molecule has 0 unspecified atom stereocenters. The van der Waals surface area contributed by atoms with E-state index in [2.05, 4.69) is 21.2 Å². The Labute approximate surface area is 131 Å². The van der Waals surface area contributed by atoms with Crippen LogP contribution in [-0.4, -0.2) is 6.54 Å². The molecule has 0 saturated heterocycles. The van der Waals surface area contributed by atoms with Gasteiger partial charge >= 0.3 is 0 Å². The maximum absolute atomic E-state index is 13.2. The molecule has 2 nitrogen and oxygen atoms in total. The van der Waals surface area contributed by atoms with Crippen molar-refractivity contribution in [1.29, 1.82) is 0 Å². The van der Waals surface area contributed by atoms with Gasteiger partial charge in [0.15, 0.2) is 0 Å². The number of rotatable bonds is 5. The molecule has 2 aromatic carbocycles. The second-order valence-corrected chi connectivity index (χ2v) is 5.45. The quantitative estimate of drug-likeness (QED) is 0.798. The highest BCUT2D eigenvalue weighted by molar-refractivity contribution is 9.10. The molecule has 0 bridgehead atoms. The number of nitrogens with one attached hydrogen (secondary N) is 1. The average Bonchev–Trinajstić information content (AvgIpc) is 2.43. The highest BCUT2D eigenvalue weighted by atomic mass is 79.9. The van der Waals surface area contributed by atoms with Crippen LogP contribution in [0.3, 0.4) is 0 Å². The van der Waals surface area contributed by atoms with E-state index < -0.39 is 0 Å². The van der Waals surface area contributed by atoms with Crippen molar-refractivity contribution in [3.8, 4) is 11.5 Å². The summed E-state index contributed by atoms with van der Waals surface area (Å²) in [5.41, 5.74) is 0.958. The van der Waals surface area contributed by atoms with Gasteiger partial charge in [-0.1, -0.05) is 30.7 Å². The largest absolute Gasteiger partial charge is 0.455 e. The van der Waals surface area contributed by atoms with Crippen LogP contribution in [0, 0.1) is 5.82 Å². The van der Waals surface area contributed by atoms with Crippen LogP contribution in [0.25, 0.3) is 0 Å². The van der Waals surface area contributed by atoms with E-state index in [-0.39, 0.29) is 5.82 Å². The van der Waals surface area contributed by atoms with Crippen LogP contribution >= 0.6 is 27.5 Å². The normalized spacial score (nSPS) is 10.6. The Hall–Kier alpha value is -1.10. The van der Waals surface area contributed by atoms with Gasteiger partial charge in [0, 0.05) is 12.1 Å². The van der Waals surface area contributed by atoms with E-state index in [1.807, 2.05) is 19.1 Å². The lowest BCUT2D eigenvalue weighted by molar-refractivity contribution is 0.471. The first-order valence-electron chi connectivity index (χ1n) is 6.23. The van der Waals surface area contributed by atoms with Crippen LogP contribution in [0.2, 0.25) is 5.02 Å². The van der Waals surface area contributed by atoms with E-state index in [9.17, 15) is 4.39 Å². The van der Waals surface area contributed by atoms with Gasteiger partial charge < -0.3 is 10.1 Å². The maximum Gasteiger partial charge on any atom is 0.150 e. The molecule has 5 heteroatoms. The van der Waals surface area contributed by atoms with E-state index in [1.54, 1.807) is 18.2 Å². The number of hydrogen-bond donors (Lipinski definition) is 1. The molecule has 2 rings (SSSR count). The highest BCUT2D eigenvalue weighted by Crippen LogP contribution is 2.34. The van der Waals surface area contributed by atoms with Gasteiger partial charge in [0.25, 0.3) is 0 Å².